The van der Waals surface area contributed by atoms with Crippen molar-refractivity contribution in [2.45, 2.75) is 39.3 Å². The minimum atomic E-state index is 0.0915. The Morgan fingerprint density at radius 3 is 2.95 bits per heavy atom. The summed E-state index contributed by atoms with van der Waals surface area (Å²) in [7, 11) is 1.78. The van der Waals surface area contributed by atoms with E-state index in [-0.39, 0.29) is 5.41 Å². The van der Waals surface area contributed by atoms with Gasteiger partial charge < -0.3 is 19.8 Å². The van der Waals surface area contributed by atoms with Gasteiger partial charge in [0.1, 0.15) is 5.82 Å². The molecule has 6 nitrogen and oxygen atoms in total. The summed E-state index contributed by atoms with van der Waals surface area (Å²) in [6, 6.07) is 0.340. The Balaban J connectivity index is 1.88. The molecule has 2 heterocycles. The number of aromatic nitrogens is 3. The van der Waals surface area contributed by atoms with Gasteiger partial charge in [-0.2, -0.15) is 0 Å². The second-order valence-corrected chi connectivity index (χ2v) is 6.14. The number of methoxy groups -OCH3 is 1. The topological polar surface area (TPSA) is 63.5 Å². The van der Waals surface area contributed by atoms with E-state index < -0.39 is 0 Å². The van der Waals surface area contributed by atoms with Crippen LogP contribution < -0.4 is 10.6 Å². The van der Waals surface area contributed by atoms with E-state index in [1.807, 2.05) is 16.8 Å². The minimum absolute atomic E-state index is 0.0915. The Kier molecular flexibility index (Phi) is 3.49. The summed E-state index contributed by atoms with van der Waals surface area (Å²) in [6.45, 7) is 7.34. The first kappa shape index (κ1) is 14.1. The number of rotatable bonds is 5. The van der Waals surface area contributed by atoms with Crippen molar-refractivity contribution in [1.29, 1.82) is 0 Å². The first-order chi connectivity index (χ1) is 10.1. The van der Waals surface area contributed by atoms with E-state index in [0.29, 0.717) is 12.1 Å². The Labute approximate surface area is 124 Å². The summed E-state index contributed by atoms with van der Waals surface area (Å²) in [6.07, 6.45) is 6.97. The first-order valence-corrected chi connectivity index (χ1v) is 7.43. The summed E-state index contributed by atoms with van der Waals surface area (Å²) < 4.78 is 7.50. The molecule has 2 aromatic rings. The fourth-order valence-electron chi connectivity index (χ4n) is 2.99. The lowest BCUT2D eigenvalue weighted by molar-refractivity contribution is -0.0795. The minimum Gasteiger partial charge on any atom is -0.381 e. The van der Waals surface area contributed by atoms with Crippen LogP contribution in [0.5, 0.6) is 0 Å². The number of imidazole rings is 1. The molecule has 2 unspecified atom stereocenters. The SMILES string of the molecule is CCNc1cn2ccnc2c(NC2CC(OC)C2(C)C)n1. The number of anilines is 2. The molecular weight excluding hydrogens is 266 g/mol. The van der Waals surface area contributed by atoms with Gasteiger partial charge in [-0.25, -0.2) is 9.97 Å². The predicted molar refractivity (Wildman–Crippen MR) is 83.8 cm³/mol. The number of hydrogen-bond donors (Lipinski definition) is 2. The largest absolute Gasteiger partial charge is 0.381 e. The highest BCUT2D eigenvalue weighted by Gasteiger charge is 2.48. The lowest BCUT2D eigenvalue weighted by Crippen LogP contribution is -2.57. The molecule has 0 amide bonds. The fourth-order valence-corrected chi connectivity index (χ4v) is 2.99. The second-order valence-electron chi connectivity index (χ2n) is 6.14. The standard InChI is InChI=1S/C15H23N5O/c1-5-16-12-9-20-7-6-17-14(20)13(19-12)18-10-8-11(21-4)15(10,2)3/h6-7,9-11,16H,5,8H2,1-4H3,(H,18,19). The summed E-state index contributed by atoms with van der Waals surface area (Å²) in [4.78, 5) is 9.05. The molecule has 21 heavy (non-hydrogen) atoms. The molecule has 0 radical (unpaired) electrons. The molecule has 0 saturated heterocycles. The van der Waals surface area contributed by atoms with Gasteiger partial charge in [-0.3, -0.25) is 0 Å². The molecular formula is C15H23N5O. The van der Waals surface area contributed by atoms with E-state index in [1.54, 1.807) is 13.3 Å². The third kappa shape index (κ3) is 2.33. The van der Waals surface area contributed by atoms with Crippen molar-refractivity contribution in [2.75, 3.05) is 24.3 Å². The Morgan fingerprint density at radius 2 is 2.29 bits per heavy atom. The van der Waals surface area contributed by atoms with Crippen LogP contribution in [0.25, 0.3) is 5.65 Å². The van der Waals surface area contributed by atoms with Crippen LogP contribution in [0.15, 0.2) is 18.6 Å². The molecule has 1 saturated carbocycles. The van der Waals surface area contributed by atoms with Crippen LogP contribution in [-0.2, 0) is 4.74 Å². The average molecular weight is 289 g/mol. The third-order valence-electron chi connectivity index (χ3n) is 4.51. The van der Waals surface area contributed by atoms with E-state index in [1.165, 1.54) is 0 Å². The van der Waals surface area contributed by atoms with Crippen LogP contribution in [0.3, 0.4) is 0 Å². The zero-order valence-corrected chi connectivity index (χ0v) is 13.1. The average Bonchev–Trinajstić information content (AvgIpc) is 2.91. The zero-order chi connectivity index (χ0) is 15.0. The van der Waals surface area contributed by atoms with Gasteiger partial charge in [0.2, 0.25) is 0 Å². The van der Waals surface area contributed by atoms with E-state index in [0.717, 1.165) is 30.2 Å². The van der Waals surface area contributed by atoms with E-state index in [2.05, 4.69) is 41.4 Å². The number of ether oxygens (including phenoxy) is 1. The molecule has 1 fully saturated rings. The van der Waals surface area contributed by atoms with Gasteiger partial charge in [-0.05, 0) is 13.3 Å². The van der Waals surface area contributed by atoms with Crippen molar-refractivity contribution >= 4 is 17.3 Å². The maximum atomic E-state index is 5.51. The van der Waals surface area contributed by atoms with Crippen molar-refractivity contribution < 1.29 is 4.74 Å². The Bertz CT molecular complexity index is 636. The van der Waals surface area contributed by atoms with Crippen LogP contribution in [-0.4, -0.2) is 40.2 Å². The molecule has 2 N–H and O–H groups in total. The molecule has 1 aliphatic rings. The highest BCUT2D eigenvalue weighted by molar-refractivity contribution is 5.66. The monoisotopic (exact) mass is 289 g/mol. The molecule has 0 aliphatic heterocycles. The quantitative estimate of drug-likeness (QED) is 0.885. The summed E-state index contributed by atoms with van der Waals surface area (Å²) in [5, 5.41) is 6.80. The molecule has 2 atom stereocenters. The Morgan fingerprint density at radius 1 is 1.48 bits per heavy atom. The molecule has 6 heteroatoms. The van der Waals surface area contributed by atoms with Crippen molar-refractivity contribution in [3.63, 3.8) is 0 Å². The third-order valence-corrected chi connectivity index (χ3v) is 4.51. The van der Waals surface area contributed by atoms with E-state index >= 15 is 0 Å². The molecule has 114 valence electrons. The highest BCUT2D eigenvalue weighted by Crippen LogP contribution is 2.44. The van der Waals surface area contributed by atoms with Crippen molar-refractivity contribution in [3.05, 3.63) is 18.6 Å². The number of nitrogens with one attached hydrogen (secondary N) is 2. The first-order valence-electron chi connectivity index (χ1n) is 7.43. The maximum Gasteiger partial charge on any atom is 0.180 e. The normalized spacial score (nSPS) is 23.8. The van der Waals surface area contributed by atoms with Crippen LogP contribution >= 0.6 is 0 Å². The number of hydrogen-bond acceptors (Lipinski definition) is 5. The van der Waals surface area contributed by atoms with Gasteiger partial charge >= 0.3 is 0 Å². The van der Waals surface area contributed by atoms with Gasteiger partial charge in [-0.15, -0.1) is 0 Å². The number of nitrogens with zero attached hydrogens (tertiary/aromatic N) is 3. The van der Waals surface area contributed by atoms with Crippen molar-refractivity contribution in [1.82, 2.24) is 14.4 Å². The van der Waals surface area contributed by atoms with Gasteiger partial charge in [0, 0.05) is 37.5 Å². The van der Waals surface area contributed by atoms with Gasteiger partial charge in [-0.1, -0.05) is 13.8 Å². The van der Waals surface area contributed by atoms with E-state index in [4.69, 9.17) is 4.74 Å². The van der Waals surface area contributed by atoms with Crippen LogP contribution in [0.1, 0.15) is 27.2 Å². The second kappa shape index (κ2) is 5.18. The van der Waals surface area contributed by atoms with Crippen LogP contribution in [0.2, 0.25) is 0 Å². The highest BCUT2D eigenvalue weighted by atomic mass is 16.5. The van der Waals surface area contributed by atoms with E-state index in [9.17, 15) is 0 Å². The van der Waals surface area contributed by atoms with Gasteiger partial charge in [0.15, 0.2) is 11.5 Å². The summed E-state index contributed by atoms with van der Waals surface area (Å²) in [5.74, 6) is 1.68. The summed E-state index contributed by atoms with van der Waals surface area (Å²) in [5.41, 5.74) is 0.946. The van der Waals surface area contributed by atoms with Crippen molar-refractivity contribution in [2.24, 2.45) is 5.41 Å². The smallest absolute Gasteiger partial charge is 0.180 e. The molecule has 0 aromatic carbocycles. The predicted octanol–water partition coefficient (Wildman–Crippen LogP) is 2.39. The van der Waals surface area contributed by atoms with Crippen LogP contribution in [0.4, 0.5) is 11.6 Å². The Hall–Kier alpha value is -1.82. The van der Waals surface area contributed by atoms with Crippen LogP contribution in [0, 0.1) is 5.41 Å². The fraction of sp³-hybridized carbons (Fsp3) is 0.600. The summed E-state index contributed by atoms with van der Waals surface area (Å²) >= 11 is 0. The molecule has 0 bridgehead atoms. The molecule has 2 aromatic heterocycles. The van der Waals surface area contributed by atoms with Gasteiger partial charge in [0.05, 0.1) is 12.3 Å². The lowest BCUT2D eigenvalue weighted by atomic mass is 9.64. The van der Waals surface area contributed by atoms with Crippen molar-refractivity contribution in [3.8, 4) is 0 Å². The zero-order valence-electron chi connectivity index (χ0n) is 13.1. The molecule has 3 rings (SSSR count). The maximum absolute atomic E-state index is 5.51. The number of fused-ring (bicyclic) bond motifs is 1. The lowest BCUT2D eigenvalue weighted by Gasteiger charge is -2.51. The molecule has 0 spiro atoms. The molecule has 1 aliphatic carbocycles. The van der Waals surface area contributed by atoms with Gasteiger partial charge in [0.25, 0.3) is 0 Å².